The summed E-state index contributed by atoms with van der Waals surface area (Å²) < 4.78 is 6.11. The van der Waals surface area contributed by atoms with Crippen LogP contribution in [0.3, 0.4) is 0 Å². The lowest BCUT2D eigenvalue weighted by molar-refractivity contribution is 0.0907. The average molecular weight is 480 g/mol. The zero-order valence-corrected chi connectivity index (χ0v) is 22.7. The number of likely N-dealkylation sites (tertiary alicyclic amines) is 1. The van der Waals surface area contributed by atoms with Gasteiger partial charge in [-0.2, -0.15) is 0 Å². The Balaban J connectivity index is 1.57. The number of aryl methyl sites for hydroxylation is 2. The Kier molecular flexibility index (Phi) is 10.2. The number of amides is 1. The Morgan fingerprint density at radius 2 is 1.83 bits per heavy atom. The number of rotatable bonds is 11. The molecule has 0 aromatic heterocycles. The summed E-state index contributed by atoms with van der Waals surface area (Å²) in [6.07, 6.45) is 5.79. The first-order chi connectivity index (χ1) is 16.8. The van der Waals surface area contributed by atoms with E-state index >= 15 is 0 Å². The van der Waals surface area contributed by atoms with E-state index in [1.165, 1.54) is 35.1 Å². The molecule has 1 aliphatic heterocycles. The van der Waals surface area contributed by atoms with Crippen LogP contribution in [0, 0.1) is 27.7 Å². The van der Waals surface area contributed by atoms with Gasteiger partial charge in [0.2, 0.25) is 0 Å². The Hall–Kier alpha value is -2.37. The molecule has 2 aromatic carbocycles. The maximum Gasteiger partial charge on any atom is 0.251 e. The van der Waals surface area contributed by atoms with Crippen molar-refractivity contribution in [1.29, 1.82) is 0 Å². The van der Waals surface area contributed by atoms with Crippen LogP contribution in [0.15, 0.2) is 30.3 Å². The number of hydrogen-bond acceptors (Lipinski definition) is 4. The zero-order chi connectivity index (χ0) is 25.4. The number of nitrogens with one attached hydrogen (secondary N) is 1. The third kappa shape index (κ3) is 7.81. The van der Waals surface area contributed by atoms with Gasteiger partial charge in [-0.3, -0.25) is 9.69 Å². The highest BCUT2D eigenvalue weighted by molar-refractivity contribution is 5.94. The average Bonchev–Trinajstić information content (AvgIpc) is 2.83. The van der Waals surface area contributed by atoms with Crippen molar-refractivity contribution >= 4 is 5.91 Å². The van der Waals surface area contributed by atoms with E-state index in [1.807, 2.05) is 18.2 Å². The normalized spacial score (nSPS) is 16.5. The number of carbonyl (C=O) groups is 1. The number of piperidine rings is 1. The summed E-state index contributed by atoms with van der Waals surface area (Å²) in [6, 6.07) is 10.7. The van der Waals surface area contributed by atoms with Gasteiger partial charge in [0.1, 0.15) is 5.75 Å². The summed E-state index contributed by atoms with van der Waals surface area (Å²) in [5.41, 5.74) is 7.04. The molecule has 1 amide bonds. The molecule has 1 aliphatic rings. The molecule has 0 aliphatic carbocycles. The molecule has 1 N–H and O–H groups in total. The van der Waals surface area contributed by atoms with Gasteiger partial charge in [-0.05, 0) is 127 Å². The second kappa shape index (κ2) is 13.1. The molecule has 1 atom stereocenters. The van der Waals surface area contributed by atoms with Crippen LogP contribution in [0.25, 0.3) is 0 Å². The monoisotopic (exact) mass is 479 g/mol. The van der Waals surface area contributed by atoms with Gasteiger partial charge in [0.05, 0.1) is 6.61 Å². The first-order valence-corrected chi connectivity index (χ1v) is 13.2. The van der Waals surface area contributed by atoms with E-state index in [0.717, 1.165) is 62.4 Å². The molecule has 5 heteroatoms. The van der Waals surface area contributed by atoms with Crippen LogP contribution in [0.1, 0.15) is 70.3 Å². The van der Waals surface area contributed by atoms with Gasteiger partial charge in [-0.1, -0.05) is 18.6 Å². The minimum atomic E-state index is 0.0257. The highest BCUT2D eigenvalue weighted by atomic mass is 16.5. The fourth-order valence-electron chi connectivity index (χ4n) is 4.81. The maximum atomic E-state index is 12.8. The number of hydrogen-bond donors (Lipinski definition) is 1. The molecular formula is C30H45N3O2. The standard InChI is InChI=1S/C30H45N3O2/c1-22-12-13-26(19-23(22)2)30(34)31-20-28-11-7-8-17-33(28)21-27-14-15-29(25(4)24(27)3)35-18-10-9-16-32(5)6/h12-15,19,28H,7-11,16-18,20-21H2,1-6H3,(H,31,34). The second-order valence-electron chi connectivity index (χ2n) is 10.5. The number of carbonyl (C=O) groups excluding carboxylic acids is 1. The number of ether oxygens (including phenoxy) is 1. The smallest absolute Gasteiger partial charge is 0.251 e. The van der Waals surface area contributed by atoms with Crippen LogP contribution >= 0.6 is 0 Å². The van der Waals surface area contributed by atoms with E-state index in [9.17, 15) is 4.79 Å². The predicted molar refractivity (Wildman–Crippen MR) is 145 cm³/mol. The van der Waals surface area contributed by atoms with Gasteiger partial charge in [0.15, 0.2) is 0 Å². The summed E-state index contributed by atoms with van der Waals surface area (Å²) in [6.45, 7) is 13.1. The van der Waals surface area contributed by atoms with E-state index < -0.39 is 0 Å². The van der Waals surface area contributed by atoms with Crippen LogP contribution in [-0.2, 0) is 6.54 Å². The van der Waals surface area contributed by atoms with E-state index in [0.29, 0.717) is 12.6 Å². The van der Waals surface area contributed by atoms with Gasteiger partial charge in [0, 0.05) is 24.7 Å². The molecule has 0 saturated carbocycles. The molecule has 1 saturated heterocycles. The van der Waals surface area contributed by atoms with Crippen LogP contribution in [0.2, 0.25) is 0 Å². The number of nitrogens with zero attached hydrogens (tertiary/aromatic N) is 2. The summed E-state index contributed by atoms with van der Waals surface area (Å²) in [7, 11) is 4.22. The molecule has 1 unspecified atom stereocenters. The molecule has 0 radical (unpaired) electrons. The fourth-order valence-corrected chi connectivity index (χ4v) is 4.81. The fraction of sp³-hybridized carbons (Fsp3) is 0.567. The van der Waals surface area contributed by atoms with E-state index in [2.05, 4.69) is 69.0 Å². The third-order valence-corrected chi connectivity index (χ3v) is 7.50. The first-order valence-electron chi connectivity index (χ1n) is 13.2. The molecule has 35 heavy (non-hydrogen) atoms. The first kappa shape index (κ1) is 27.2. The molecule has 192 valence electrons. The lowest BCUT2D eigenvalue weighted by atomic mass is 9.97. The summed E-state index contributed by atoms with van der Waals surface area (Å²) in [5, 5.41) is 3.20. The van der Waals surface area contributed by atoms with Crippen molar-refractivity contribution in [2.75, 3.05) is 40.3 Å². The van der Waals surface area contributed by atoms with Crippen molar-refractivity contribution < 1.29 is 9.53 Å². The van der Waals surface area contributed by atoms with Crippen LogP contribution in [0.4, 0.5) is 0 Å². The van der Waals surface area contributed by atoms with Crippen LogP contribution < -0.4 is 10.1 Å². The molecule has 2 aromatic rings. The molecular weight excluding hydrogens is 434 g/mol. The zero-order valence-electron chi connectivity index (χ0n) is 22.7. The van der Waals surface area contributed by atoms with Gasteiger partial charge < -0.3 is 15.0 Å². The lowest BCUT2D eigenvalue weighted by Gasteiger charge is -2.36. The molecule has 3 rings (SSSR count). The summed E-state index contributed by atoms with van der Waals surface area (Å²) in [5.74, 6) is 1.03. The van der Waals surface area contributed by atoms with Gasteiger partial charge in [-0.25, -0.2) is 0 Å². The van der Waals surface area contributed by atoms with Crippen molar-refractivity contribution in [3.05, 3.63) is 63.7 Å². The topological polar surface area (TPSA) is 44.8 Å². The lowest BCUT2D eigenvalue weighted by Crippen LogP contribution is -2.46. The predicted octanol–water partition coefficient (Wildman–Crippen LogP) is 5.43. The van der Waals surface area contributed by atoms with E-state index in [1.54, 1.807) is 0 Å². The highest BCUT2D eigenvalue weighted by Crippen LogP contribution is 2.27. The Morgan fingerprint density at radius 1 is 1.03 bits per heavy atom. The van der Waals surface area contributed by atoms with Crippen LogP contribution in [0.5, 0.6) is 5.75 Å². The molecule has 0 spiro atoms. The summed E-state index contributed by atoms with van der Waals surface area (Å²) >= 11 is 0. The SMILES string of the molecule is Cc1ccc(C(=O)NCC2CCCCN2Cc2ccc(OCCCCN(C)C)c(C)c2C)cc1C. The molecule has 5 nitrogen and oxygen atoms in total. The van der Waals surface area contributed by atoms with Crippen molar-refractivity contribution in [3.63, 3.8) is 0 Å². The van der Waals surface area contributed by atoms with Gasteiger partial charge in [0.25, 0.3) is 5.91 Å². The minimum absolute atomic E-state index is 0.0257. The highest BCUT2D eigenvalue weighted by Gasteiger charge is 2.24. The number of unbranched alkanes of at least 4 members (excludes halogenated alkanes) is 1. The molecule has 1 fully saturated rings. The Morgan fingerprint density at radius 3 is 2.57 bits per heavy atom. The van der Waals surface area contributed by atoms with Crippen LogP contribution in [-0.4, -0.2) is 62.1 Å². The molecule has 0 bridgehead atoms. The number of benzene rings is 2. The molecule has 1 heterocycles. The second-order valence-corrected chi connectivity index (χ2v) is 10.5. The third-order valence-electron chi connectivity index (χ3n) is 7.50. The summed E-state index contributed by atoms with van der Waals surface area (Å²) in [4.78, 5) is 17.5. The van der Waals surface area contributed by atoms with Crippen molar-refractivity contribution in [1.82, 2.24) is 15.1 Å². The Bertz CT molecular complexity index is 986. The quantitative estimate of drug-likeness (QED) is 0.437. The van der Waals surface area contributed by atoms with Crippen molar-refractivity contribution in [3.8, 4) is 5.75 Å². The van der Waals surface area contributed by atoms with Crippen molar-refractivity contribution in [2.45, 2.75) is 72.4 Å². The van der Waals surface area contributed by atoms with E-state index in [-0.39, 0.29) is 5.91 Å². The Labute approximate surface area is 212 Å². The van der Waals surface area contributed by atoms with Crippen molar-refractivity contribution in [2.24, 2.45) is 0 Å². The van der Waals surface area contributed by atoms with Gasteiger partial charge in [-0.15, -0.1) is 0 Å². The van der Waals surface area contributed by atoms with Gasteiger partial charge >= 0.3 is 0 Å². The largest absolute Gasteiger partial charge is 0.493 e. The maximum absolute atomic E-state index is 12.8. The van der Waals surface area contributed by atoms with E-state index in [4.69, 9.17) is 4.74 Å². The minimum Gasteiger partial charge on any atom is -0.493 e.